The Kier molecular flexibility index (Phi) is 15.2. The molecule has 0 spiro atoms. The van der Waals surface area contributed by atoms with Gasteiger partial charge in [-0.05, 0) is 20.5 Å². The molecule has 0 amide bonds. The highest BCUT2D eigenvalue weighted by atomic mass is 16.5. The second kappa shape index (κ2) is 15.6. The third-order valence-electron chi connectivity index (χ3n) is 5.02. The fraction of sp³-hybridized carbons (Fsp3) is 0.950. The molecular formula is C20H41NO4. The molecule has 0 rings (SSSR count). The van der Waals surface area contributed by atoms with Gasteiger partial charge in [-0.25, -0.2) is 0 Å². The SMILES string of the molecule is CCCCCCCCCCCCCC(=O)OCC(CO)(CO)N(C)C. The lowest BCUT2D eigenvalue weighted by atomic mass is 10.0. The van der Waals surface area contributed by atoms with Gasteiger partial charge >= 0.3 is 5.97 Å². The van der Waals surface area contributed by atoms with Crippen LogP contribution >= 0.6 is 0 Å². The van der Waals surface area contributed by atoms with Crippen LogP contribution in [0.1, 0.15) is 84.0 Å². The van der Waals surface area contributed by atoms with Gasteiger partial charge in [-0.15, -0.1) is 0 Å². The van der Waals surface area contributed by atoms with Gasteiger partial charge in [0, 0.05) is 6.42 Å². The summed E-state index contributed by atoms with van der Waals surface area (Å²) in [6.45, 7) is 1.77. The number of nitrogens with zero attached hydrogens (tertiary/aromatic N) is 1. The minimum atomic E-state index is -0.896. The molecule has 0 aliphatic rings. The normalized spacial score (nSPS) is 11.9. The number of aliphatic hydroxyl groups excluding tert-OH is 2. The number of hydrogen-bond acceptors (Lipinski definition) is 5. The number of hydrogen-bond donors (Lipinski definition) is 2. The Labute approximate surface area is 154 Å². The first kappa shape index (κ1) is 24.4. The Balaban J connectivity index is 3.58. The average molecular weight is 360 g/mol. The molecule has 150 valence electrons. The summed E-state index contributed by atoms with van der Waals surface area (Å²) in [4.78, 5) is 13.5. The van der Waals surface area contributed by atoms with Crippen molar-refractivity contribution in [2.45, 2.75) is 89.5 Å². The lowest BCUT2D eigenvalue weighted by Gasteiger charge is -2.35. The average Bonchev–Trinajstić information content (AvgIpc) is 2.60. The lowest BCUT2D eigenvalue weighted by molar-refractivity contribution is -0.150. The molecule has 0 atom stereocenters. The van der Waals surface area contributed by atoms with Gasteiger partial charge in [0.05, 0.1) is 13.2 Å². The van der Waals surface area contributed by atoms with Gasteiger partial charge in [-0.2, -0.15) is 0 Å². The number of ether oxygens (including phenoxy) is 1. The zero-order valence-corrected chi connectivity index (χ0v) is 16.8. The first-order valence-corrected chi connectivity index (χ1v) is 10.1. The third-order valence-corrected chi connectivity index (χ3v) is 5.02. The minimum Gasteiger partial charge on any atom is -0.464 e. The molecule has 0 radical (unpaired) electrons. The Morgan fingerprint density at radius 1 is 0.840 bits per heavy atom. The topological polar surface area (TPSA) is 70.0 Å². The minimum absolute atomic E-state index is 0.0177. The number of likely N-dealkylation sites (N-methyl/N-ethyl adjacent to an activating group) is 1. The van der Waals surface area contributed by atoms with E-state index in [4.69, 9.17) is 4.74 Å². The molecule has 0 heterocycles. The molecule has 25 heavy (non-hydrogen) atoms. The Morgan fingerprint density at radius 2 is 1.28 bits per heavy atom. The first-order valence-electron chi connectivity index (χ1n) is 10.1. The molecule has 0 aromatic carbocycles. The van der Waals surface area contributed by atoms with E-state index in [1.54, 1.807) is 19.0 Å². The van der Waals surface area contributed by atoms with E-state index in [9.17, 15) is 15.0 Å². The highest BCUT2D eigenvalue weighted by Crippen LogP contribution is 2.14. The molecule has 0 aliphatic heterocycles. The molecule has 0 bridgehead atoms. The van der Waals surface area contributed by atoms with Gasteiger partial charge in [0.25, 0.3) is 0 Å². The molecule has 5 nitrogen and oxygen atoms in total. The van der Waals surface area contributed by atoms with Crippen molar-refractivity contribution in [3.63, 3.8) is 0 Å². The van der Waals surface area contributed by atoms with Crippen LogP contribution in [-0.4, -0.2) is 60.5 Å². The molecule has 0 aromatic rings. The second-order valence-corrected chi connectivity index (χ2v) is 7.38. The maximum Gasteiger partial charge on any atom is 0.305 e. The summed E-state index contributed by atoms with van der Waals surface area (Å²) < 4.78 is 5.24. The zero-order chi connectivity index (χ0) is 19.0. The highest BCUT2D eigenvalue weighted by Gasteiger charge is 2.33. The molecule has 5 heteroatoms. The number of aliphatic hydroxyl groups is 2. The summed E-state index contributed by atoms with van der Waals surface area (Å²) >= 11 is 0. The van der Waals surface area contributed by atoms with Gasteiger partial charge in [0.1, 0.15) is 12.1 Å². The van der Waals surface area contributed by atoms with E-state index in [0.717, 1.165) is 12.8 Å². The van der Waals surface area contributed by atoms with Gasteiger partial charge in [0.2, 0.25) is 0 Å². The summed E-state index contributed by atoms with van der Waals surface area (Å²) in [5.74, 6) is -0.246. The van der Waals surface area contributed by atoms with Crippen LogP contribution in [0.25, 0.3) is 0 Å². The van der Waals surface area contributed by atoms with Gasteiger partial charge in [0.15, 0.2) is 0 Å². The van der Waals surface area contributed by atoms with Crippen molar-refractivity contribution in [1.82, 2.24) is 4.90 Å². The molecule has 0 unspecified atom stereocenters. The third kappa shape index (κ3) is 11.6. The molecule has 0 aliphatic carbocycles. The predicted octanol–water partition coefficient (Wildman–Crippen LogP) is 3.52. The fourth-order valence-electron chi connectivity index (χ4n) is 2.77. The predicted molar refractivity (Wildman–Crippen MR) is 103 cm³/mol. The molecule has 0 aromatic heterocycles. The number of unbranched alkanes of at least 4 members (excludes halogenated alkanes) is 10. The van der Waals surface area contributed by atoms with E-state index >= 15 is 0 Å². The van der Waals surface area contributed by atoms with Crippen LogP contribution in [0.4, 0.5) is 0 Å². The standard InChI is InChI=1S/C20H41NO4/c1-4-5-6-7-8-9-10-11-12-13-14-15-19(24)25-18-20(16-22,17-23)21(2)3/h22-23H,4-18H2,1-3H3. The van der Waals surface area contributed by atoms with Crippen LogP contribution in [0.2, 0.25) is 0 Å². The van der Waals surface area contributed by atoms with E-state index < -0.39 is 5.54 Å². The van der Waals surface area contributed by atoms with Crippen LogP contribution in [0, 0.1) is 0 Å². The molecule has 0 saturated carbocycles. The number of esters is 1. The maximum atomic E-state index is 11.8. The summed E-state index contributed by atoms with van der Waals surface area (Å²) in [7, 11) is 3.51. The summed E-state index contributed by atoms with van der Waals surface area (Å²) in [5.41, 5.74) is -0.896. The lowest BCUT2D eigenvalue weighted by Crippen LogP contribution is -2.54. The van der Waals surface area contributed by atoms with Gasteiger partial charge in [-0.1, -0.05) is 71.1 Å². The zero-order valence-electron chi connectivity index (χ0n) is 16.8. The molecule has 0 fully saturated rings. The first-order chi connectivity index (χ1) is 12.0. The highest BCUT2D eigenvalue weighted by molar-refractivity contribution is 5.69. The largest absolute Gasteiger partial charge is 0.464 e. The molecule has 0 saturated heterocycles. The van der Waals surface area contributed by atoms with Crippen molar-refractivity contribution in [3.05, 3.63) is 0 Å². The van der Waals surface area contributed by atoms with Crippen LogP contribution in [0.5, 0.6) is 0 Å². The summed E-state index contributed by atoms with van der Waals surface area (Å²) in [5, 5.41) is 18.9. The van der Waals surface area contributed by atoms with Crippen molar-refractivity contribution in [1.29, 1.82) is 0 Å². The van der Waals surface area contributed by atoms with Crippen LogP contribution in [-0.2, 0) is 9.53 Å². The van der Waals surface area contributed by atoms with Crippen LogP contribution < -0.4 is 0 Å². The van der Waals surface area contributed by atoms with E-state index in [1.807, 2.05) is 0 Å². The van der Waals surface area contributed by atoms with Crippen molar-refractivity contribution in [2.24, 2.45) is 0 Å². The number of rotatable bonds is 17. The van der Waals surface area contributed by atoms with Crippen molar-refractivity contribution in [2.75, 3.05) is 33.9 Å². The van der Waals surface area contributed by atoms with Crippen molar-refractivity contribution >= 4 is 5.97 Å². The van der Waals surface area contributed by atoms with Crippen molar-refractivity contribution < 1.29 is 19.7 Å². The van der Waals surface area contributed by atoms with E-state index in [-0.39, 0.29) is 25.8 Å². The Hall–Kier alpha value is -0.650. The maximum absolute atomic E-state index is 11.8. The second-order valence-electron chi connectivity index (χ2n) is 7.38. The van der Waals surface area contributed by atoms with Gasteiger partial charge in [-0.3, -0.25) is 9.69 Å². The van der Waals surface area contributed by atoms with E-state index in [2.05, 4.69) is 6.92 Å². The van der Waals surface area contributed by atoms with E-state index in [1.165, 1.54) is 57.8 Å². The Bertz CT molecular complexity index is 317. The Morgan fingerprint density at radius 3 is 1.68 bits per heavy atom. The van der Waals surface area contributed by atoms with Crippen LogP contribution in [0.3, 0.4) is 0 Å². The summed E-state index contributed by atoms with van der Waals surface area (Å²) in [6, 6.07) is 0. The summed E-state index contributed by atoms with van der Waals surface area (Å²) in [6.07, 6.45) is 14.2. The van der Waals surface area contributed by atoms with Crippen molar-refractivity contribution in [3.8, 4) is 0 Å². The van der Waals surface area contributed by atoms with E-state index in [0.29, 0.717) is 6.42 Å². The quantitative estimate of drug-likeness (QED) is 0.307. The number of carbonyl (C=O) groups excluding carboxylic acids is 1. The van der Waals surface area contributed by atoms with Crippen LogP contribution in [0.15, 0.2) is 0 Å². The molecular weight excluding hydrogens is 318 g/mol. The smallest absolute Gasteiger partial charge is 0.305 e. The monoisotopic (exact) mass is 359 g/mol. The number of carbonyl (C=O) groups is 1. The fourth-order valence-corrected chi connectivity index (χ4v) is 2.77. The van der Waals surface area contributed by atoms with Gasteiger partial charge < -0.3 is 14.9 Å². The molecule has 2 N–H and O–H groups in total.